The van der Waals surface area contributed by atoms with Gasteiger partial charge in [-0.05, 0) is 58.2 Å². The van der Waals surface area contributed by atoms with E-state index >= 15 is 0 Å². The van der Waals surface area contributed by atoms with Crippen LogP contribution in [0.25, 0.3) is 0 Å². The van der Waals surface area contributed by atoms with E-state index in [9.17, 15) is 4.79 Å². The van der Waals surface area contributed by atoms with Crippen molar-refractivity contribution in [3.63, 3.8) is 0 Å². The molecule has 0 spiro atoms. The lowest BCUT2D eigenvalue weighted by molar-refractivity contribution is 0.0697. The first kappa shape index (κ1) is 13.6. The fourth-order valence-electron chi connectivity index (χ4n) is 1.67. The number of ether oxygens (including phenoxy) is 1. The number of carboxylic acids is 1. The highest BCUT2D eigenvalue weighted by Crippen LogP contribution is 2.30. The predicted molar refractivity (Wildman–Crippen MR) is 77.0 cm³/mol. The maximum Gasteiger partial charge on any atom is 0.335 e. The van der Waals surface area contributed by atoms with Crippen LogP contribution in [0.1, 0.15) is 22.8 Å². The van der Waals surface area contributed by atoms with E-state index in [1.807, 2.05) is 24.3 Å². The van der Waals surface area contributed by atoms with Gasteiger partial charge in [-0.1, -0.05) is 19.1 Å². The summed E-state index contributed by atoms with van der Waals surface area (Å²) in [6.07, 6.45) is 0.941. The molecule has 0 saturated carbocycles. The number of aryl methyl sites for hydroxylation is 1. The number of aromatic carboxylic acids is 1. The zero-order chi connectivity index (χ0) is 13.8. The number of hydrogen-bond donors (Lipinski definition) is 1. The van der Waals surface area contributed by atoms with Gasteiger partial charge in [-0.2, -0.15) is 0 Å². The van der Waals surface area contributed by atoms with E-state index in [0.717, 1.165) is 12.2 Å². The topological polar surface area (TPSA) is 46.5 Å². The molecule has 0 fully saturated rings. The minimum atomic E-state index is -0.958. The molecule has 0 amide bonds. The third-order valence-corrected chi connectivity index (χ3v) is 3.33. The van der Waals surface area contributed by atoms with E-state index in [1.165, 1.54) is 17.7 Å². The lowest BCUT2D eigenvalue weighted by Crippen LogP contribution is -1.96. The summed E-state index contributed by atoms with van der Waals surface area (Å²) in [7, 11) is 0. The monoisotopic (exact) mass is 320 g/mol. The maximum atomic E-state index is 10.8. The van der Waals surface area contributed by atoms with E-state index < -0.39 is 5.97 Å². The van der Waals surface area contributed by atoms with Crippen molar-refractivity contribution in [3.8, 4) is 11.5 Å². The van der Waals surface area contributed by atoms with Crippen molar-refractivity contribution < 1.29 is 14.6 Å². The first-order valence-electron chi connectivity index (χ1n) is 5.90. The summed E-state index contributed by atoms with van der Waals surface area (Å²) in [4.78, 5) is 10.8. The van der Waals surface area contributed by atoms with Crippen LogP contribution < -0.4 is 4.74 Å². The largest absolute Gasteiger partial charge is 0.478 e. The van der Waals surface area contributed by atoms with Crippen LogP contribution in [0.15, 0.2) is 46.9 Å². The van der Waals surface area contributed by atoms with E-state index in [1.54, 1.807) is 6.07 Å². The van der Waals surface area contributed by atoms with Crippen LogP contribution in [0.4, 0.5) is 0 Å². The number of carbonyl (C=O) groups is 1. The van der Waals surface area contributed by atoms with Crippen molar-refractivity contribution in [1.29, 1.82) is 0 Å². The summed E-state index contributed by atoms with van der Waals surface area (Å²) in [5, 5.41) is 8.90. The zero-order valence-corrected chi connectivity index (χ0v) is 12.0. The molecule has 0 saturated heterocycles. The van der Waals surface area contributed by atoms with E-state index in [-0.39, 0.29) is 5.56 Å². The summed E-state index contributed by atoms with van der Waals surface area (Å²) >= 11 is 3.32. The number of hydrogen-bond acceptors (Lipinski definition) is 2. The smallest absolute Gasteiger partial charge is 0.335 e. The number of benzene rings is 2. The van der Waals surface area contributed by atoms with Crippen molar-refractivity contribution >= 4 is 21.9 Å². The van der Waals surface area contributed by atoms with E-state index in [2.05, 4.69) is 22.9 Å². The Morgan fingerprint density at radius 2 is 2.05 bits per heavy atom. The highest BCUT2D eigenvalue weighted by Gasteiger charge is 2.08. The molecule has 0 aliphatic heterocycles. The third kappa shape index (κ3) is 3.35. The Balaban J connectivity index is 2.25. The summed E-state index contributed by atoms with van der Waals surface area (Å²) in [6, 6.07) is 12.5. The van der Waals surface area contributed by atoms with Crippen LogP contribution in [0.5, 0.6) is 11.5 Å². The maximum absolute atomic E-state index is 10.8. The first-order chi connectivity index (χ1) is 9.10. The van der Waals surface area contributed by atoms with Crippen molar-refractivity contribution in [3.05, 3.63) is 58.1 Å². The van der Waals surface area contributed by atoms with Gasteiger partial charge in [0.2, 0.25) is 0 Å². The quantitative estimate of drug-likeness (QED) is 0.902. The Morgan fingerprint density at radius 3 is 2.68 bits per heavy atom. The molecule has 4 heteroatoms. The van der Waals surface area contributed by atoms with Gasteiger partial charge in [-0.3, -0.25) is 0 Å². The molecule has 2 rings (SSSR count). The molecular weight excluding hydrogens is 308 g/mol. The van der Waals surface area contributed by atoms with E-state index in [4.69, 9.17) is 9.84 Å². The fourth-order valence-corrected chi connectivity index (χ4v) is 2.13. The van der Waals surface area contributed by atoms with Gasteiger partial charge in [0.1, 0.15) is 11.5 Å². The Labute approximate surface area is 120 Å². The minimum Gasteiger partial charge on any atom is -0.478 e. The molecule has 0 heterocycles. The van der Waals surface area contributed by atoms with Gasteiger partial charge in [0.25, 0.3) is 0 Å². The van der Waals surface area contributed by atoms with Gasteiger partial charge < -0.3 is 9.84 Å². The average Bonchev–Trinajstić information content (AvgIpc) is 2.41. The molecule has 98 valence electrons. The van der Waals surface area contributed by atoms with Gasteiger partial charge in [0, 0.05) is 0 Å². The van der Waals surface area contributed by atoms with Crippen LogP contribution >= 0.6 is 15.9 Å². The summed E-state index contributed by atoms with van der Waals surface area (Å²) in [6.45, 7) is 2.08. The molecule has 2 aromatic rings. The second-order valence-corrected chi connectivity index (χ2v) is 4.91. The predicted octanol–water partition coefficient (Wildman–Crippen LogP) is 4.50. The molecule has 3 nitrogen and oxygen atoms in total. The number of rotatable bonds is 4. The van der Waals surface area contributed by atoms with Gasteiger partial charge in [0.05, 0.1) is 10.0 Å². The van der Waals surface area contributed by atoms with Gasteiger partial charge >= 0.3 is 5.97 Å². The van der Waals surface area contributed by atoms with Crippen LogP contribution in [-0.2, 0) is 6.42 Å². The van der Waals surface area contributed by atoms with Crippen LogP contribution in [-0.4, -0.2) is 11.1 Å². The van der Waals surface area contributed by atoms with Gasteiger partial charge in [-0.15, -0.1) is 0 Å². The molecule has 1 N–H and O–H groups in total. The van der Waals surface area contributed by atoms with Crippen molar-refractivity contribution in [2.45, 2.75) is 13.3 Å². The second kappa shape index (κ2) is 5.89. The van der Waals surface area contributed by atoms with Crippen LogP contribution in [0.2, 0.25) is 0 Å². The van der Waals surface area contributed by atoms with E-state index in [0.29, 0.717) is 10.2 Å². The van der Waals surface area contributed by atoms with Crippen LogP contribution in [0.3, 0.4) is 0 Å². The van der Waals surface area contributed by atoms with Gasteiger partial charge in [-0.25, -0.2) is 4.79 Å². The lowest BCUT2D eigenvalue weighted by Gasteiger charge is -2.09. The molecule has 0 unspecified atom stereocenters. The molecule has 0 atom stereocenters. The first-order valence-corrected chi connectivity index (χ1v) is 6.69. The molecule has 2 aromatic carbocycles. The van der Waals surface area contributed by atoms with Crippen molar-refractivity contribution in [2.24, 2.45) is 0 Å². The zero-order valence-electron chi connectivity index (χ0n) is 10.4. The Morgan fingerprint density at radius 1 is 1.26 bits per heavy atom. The molecule has 0 bridgehead atoms. The molecule has 0 aromatic heterocycles. The van der Waals surface area contributed by atoms with Crippen molar-refractivity contribution in [2.75, 3.05) is 0 Å². The Kier molecular flexibility index (Phi) is 4.22. The molecular formula is C15H13BrO3. The van der Waals surface area contributed by atoms with Crippen LogP contribution in [0, 0.1) is 0 Å². The van der Waals surface area contributed by atoms with Crippen molar-refractivity contribution in [1.82, 2.24) is 0 Å². The second-order valence-electron chi connectivity index (χ2n) is 4.05. The number of halogens is 1. The molecule has 0 radical (unpaired) electrons. The normalized spacial score (nSPS) is 10.2. The molecule has 0 aliphatic rings. The molecule has 19 heavy (non-hydrogen) atoms. The SMILES string of the molecule is CCc1cccc(Oc2ccc(C(=O)O)cc2Br)c1. The summed E-state index contributed by atoms with van der Waals surface area (Å²) < 4.78 is 6.37. The Bertz CT molecular complexity index is 608. The fraction of sp³-hybridized carbons (Fsp3) is 0.133. The molecule has 0 aliphatic carbocycles. The number of carboxylic acid groups (broad SMARTS) is 1. The average molecular weight is 321 g/mol. The third-order valence-electron chi connectivity index (χ3n) is 2.71. The highest BCUT2D eigenvalue weighted by molar-refractivity contribution is 9.10. The Hall–Kier alpha value is -1.81. The minimum absolute atomic E-state index is 0.224. The lowest BCUT2D eigenvalue weighted by atomic mass is 10.1. The standard InChI is InChI=1S/C15H13BrO3/c1-2-10-4-3-5-12(8-10)19-14-7-6-11(15(17)18)9-13(14)16/h3-9H,2H2,1H3,(H,17,18). The summed E-state index contributed by atoms with van der Waals surface area (Å²) in [5.41, 5.74) is 1.41. The van der Waals surface area contributed by atoms with Gasteiger partial charge in [0.15, 0.2) is 0 Å². The summed E-state index contributed by atoms with van der Waals surface area (Å²) in [5.74, 6) is 0.376. The highest BCUT2D eigenvalue weighted by atomic mass is 79.9.